The highest BCUT2D eigenvalue weighted by molar-refractivity contribution is 7.13. The van der Waals surface area contributed by atoms with Crippen molar-refractivity contribution in [1.82, 2.24) is 9.88 Å². The van der Waals surface area contributed by atoms with Crippen LogP contribution in [0.5, 0.6) is 0 Å². The fourth-order valence-electron chi connectivity index (χ4n) is 2.86. The number of hydrogen-bond acceptors (Lipinski definition) is 3. The van der Waals surface area contributed by atoms with Crippen LogP contribution in [0, 0.1) is 6.92 Å². The van der Waals surface area contributed by atoms with Crippen molar-refractivity contribution in [1.29, 1.82) is 0 Å². The number of likely N-dealkylation sites (tertiary alicyclic amines) is 1. The molecule has 0 saturated carbocycles. The lowest BCUT2D eigenvalue weighted by molar-refractivity contribution is 0.0630. The first kappa shape index (κ1) is 14.3. The van der Waals surface area contributed by atoms with Crippen LogP contribution < -0.4 is 0 Å². The topological polar surface area (TPSA) is 33.2 Å². The molecule has 0 aliphatic carbocycles. The lowest BCUT2D eigenvalue weighted by atomic mass is 10.0. The zero-order valence-electron chi connectivity index (χ0n) is 12.5. The first-order valence-corrected chi connectivity index (χ1v) is 8.37. The highest BCUT2D eigenvalue weighted by Gasteiger charge is 2.26. The second kappa shape index (κ2) is 5.98. The number of hydrogen-bond donors (Lipinski definition) is 0. The SMILES string of the molecule is Cc1ccccc1-c1nc(C(=O)N2CCCCC2C)cs1. The summed E-state index contributed by atoms with van der Waals surface area (Å²) in [5.74, 6) is 0.0817. The number of aromatic nitrogens is 1. The Hall–Kier alpha value is -1.68. The van der Waals surface area contributed by atoms with E-state index in [-0.39, 0.29) is 5.91 Å². The smallest absolute Gasteiger partial charge is 0.273 e. The van der Waals surface area contributed by atoms with Gasteiger partial charge in [0.2, 0.25) is 0 Å². The first-order valence-electron chi connectivity index (χ1n) is 7.49. The Bertz CT molecular complexity index is 650. The van der Waals surface area contributed by atoms with Gasteiger partial charge < -0.3 is 4.90 Å². The molecule has 1 aliphatic rings. The Morgan fingerprint density at radius 2 is 2.14 bits per heavy atom. The molecular formula is C17H20N2OS. The summed E-state index contributed by atoms with van der Waals surface area (Å²) >= 11 is 1.55. The van der Waals surface area contributed by atoms with Gasteiger partial charge in [-0.15, -0.1) is 11.3 Å². The summed E-state index contributed by atoms with van der Waals surface area (Å²) in [7, 11) is 0. The van der Waals surface area contributed by atoms with Crippen molar-refractivity contribution in [2.45, 2.75) is 39.2 Å². The van der Waals surface area contributed by atoms with E-state index in [0.29, 0.717) is 11.7 Å². The van der Waals surface area contributed by atoms with Crippen molar-refractivity contribution < 1.29 is 4.79 Å². The quantitative estimate of drug-likeness (QED) is 0.835. The van der Waals surface area contributed by atoms with E-state index < -0.39 is 0 Å². The maximum absolute atomic E-state index is 12.6. The molecule has 1 aliphatic heterocycles. The summed E-state index contributed by atoms with van der Waals surface area (Å²) in [6.45, 7) is 5.06. The van der Waals surface area contributed by atoms with Crippen LogP contribution in [0.25, 0.3) is 10.6 Å². The molecule has 0 spiro atoms. The summed E-state index contributed by atoms with van der Waals surface area (Å²) < 4.78 is 0. The monoisotopic (exact) mass is 300 g/mol. The molecule has 3 nitrogen and oxygen atoms in total. The molecule has 0 radical (unpaired) electrons. The summed E-state index contributed by atoms with van der Waals surface area (Å²) in [5.41, 5.74) is 2.90. The van der Waals surface area contributed by atoms with E-state index in [1.165, 1.54) is 12.0 Å². The van der Waals surface area contributed by atoms with Gasteiger partial charge in [-0.25, -0.2) is 4.98 Å². The highest BCUT2D eigenvalue weighted by Crippen LogP contribution is 2.28. The van der Waals surface area contributed by atoms with Crippen LogP contribution in [0.4, 0.5) is 0 Å². The van der Waals surface area contributed by atoms with Crippen LogP contribution in [0.3, 0.4) is 0 Å². The van der Waals surface area contributed by atoms with Crippen molar-refractivity contribution in [2.75, 3.05) is 6.54 Å². The maximum atomic E-state index is 12.6. The normalized spacial score (nSPS) is 18.8. The van der Waals surface area contributed by atoms with Crippen LogP contribution in [-0.2, 0) is 0 Å². The molecule has 0 bridgehead atoms. The van der Waals surface area contributed by atoms with Crippen molar-refractivity contribution in [3.8, 4) is 10.6 Å². The second-order valence-corrected chi connectivity index (χ2v) is 6.55. The minimum absolute atomic E-state index is 0.0817. The van der Waals surface area contributed by atoms with Crippen LogP contribution in [0.15, 0.2) is 29.6 Å². The summed E-state index contributed by atoms with van der Waals surface area (Å²) in [4.78, 5) is 19.2. The van der Waals surface area contributed by atoms with Gasteiger partial charge in [-0.05, 0) is 38.7 Å². The third kappa shape index (κ3) is 2.86. The molecule has 3 rings (SSSR count). The average Bonchev–Trinajstić information content (AvgIpc) is 2.97. The van der Waals surface area contributed by atoms with Gasteiger partial charge >= 0.3 is 0 Å². The van der Waals surface area contributed by atoms with E-state index in [2.05, 4.69) is 31.0 Å². The highest BCUT2D eigenvalue weighted by atomic mass is 32.1. The zero-order chi connectivity index (χ0) is 14.8. The van der Waals surface area contributed by atoms with Gasteiger partial charge in [0.05, 0.1) is 0 Å². The predicted octanol–water partition coefficient (Wildman–Crippen LogP) is 4.13. The van der Waals surface area contributed by atoms with E-state index in [1.54, 1.807) is 11.3 Å². The van der Waals surface area contributed by atoms with Crippen LogP contribution in [0.2, 0.25) is 0 Å². The largest absolute Gasteiger partial charge is 0.335 e. The Morgan fingerprint density at radius 3 is 2.90 bits per heavy atom. The van der Waals surface area contributed by atoms with Gasteiger partial charge in [0.25, 0.3) is 5.91 Å². The van der Waals surface area contributed by atoms with Crippen LogP contribution >= 0.6 is 11.3 Å². The molecule has 0 N–H and O–H groups in total. The third-order valence-corrected chi connectivity index (χ3v) is 5.04. The van der Waals surface area contributed by atoms with Gasteiger partial charge in [-0.3, -0.25) is 4.79 Å². The Morgan fingerprint density at radius 1 is 1.33 bits per heavy atom. The Balaban J connectivity index is 1.85. The number of aryl methyl sites for hydroxylation is 1. The van der Waals surface area contributed by atoms with Gasteiger partial charge in [0.1, 0.15) is 10.7 Å². The number of nitrogens with zero attached hydrogens (tertiary/aromatic N) is 2. The molecule has 1 fully saturated rings. The lowest BCUT2D eigenvalue weighted by Crippen LogP contribution is -2.42. The molecule has 1 atom stereocenters. The fraction of sp³-hybridized carbons (Fsp3) is 0.412. The molecule has 110 valence electrons. The molecule has 1 unspecified atom stereocenters. The molecule has 1 saturated heterocycles. The van der Waals surface area contributed by atoms with Crippen molar-refractivity contribution in [2.24, 2.45) is 0 Å². The number of carbonyl (C=O) groups excluding carboxylic acids is 1. The molecule has 2 heterocycles. The molecule has 4 heteroatoms. The third-order valence-electron chi connectivity index (χ3n) is 4.16. The van der Waals surface area contributed by atoms with E-state index >= 15 is 0 Å². The van der Waals surface area contributed by atoms with Gasteiger partial charge in [0.15, 0.2) is 0 Å². The first-order chi connectivity index (χ1) is 10.2. The van der Waals surface area contributed by atoms with Gasteiger partial charge in [-0.2, -0.15) is 0 Å². The van der Waals surface area contributed by atoms with E-state index in [1.807, 2.05) is 22.4 Å². The fourth-order valence-corrected chi connectivity index (χ4v) is 3.74. The van der Waals surface area contributed by atoms with Crippen molar-refractivity contribution >= 4 is 17.2 Å². The second-order valence-electron chi connectivity index (χ2n) is 5.70. The van der Waals surface area contributed by atoms with Crippen molar-refractivity contribution in [3.63, 3.8) is 0 Å². The molecule has 2 aromatic rings. The number of thiazole rings is 1. The zero-order valence-corrected chi connectivity index (χ0v) is 13.3. The van der Waals surface area contributed by atoms with E-state index in [4.69, 9.17) is 0 Å². The van der Waals surface area contributed by atoms with Crippen LogP contribution in [0.1, 0.15) is 42.2 Å². The number of piperidine rings is 1. The summed E-state index contributed by atoms with van der Waals surface area (Å²) in [6.07, 6.45) is 3.42. The number of amides is 1. The number of benzene rings is 1. The minimum Gasteiger partial charge on any atom is -0.335 e. The Labute approximate surface area is 129 Å². The van der Waals surface area contributed by atoms with E-state index in [9.17, 15) is 4.79 Å². The predicted molar refractivity (Wildman–Crippen MR) is 86.6 cm³/mol. The number of carbonyl (C=O) groups is 1. The van der Waals surface area contributed by atoms with Crippen molar-refractivity contribution in [3.05, 3.63) is 40.9 Å². The molecule has 1 aromatic heterocycles. The van der Waals surface area contributed by atoms with E-state index in [0.717, 1.165) is 30.0 Å². The minimum atomic E-state index is 0.0817. The summed E-state index contributed by atoms with van der Waals surface area (Å²) in [6, 6.07) is 8.50. The van der Waals surface area contributed by atoms with Gasteiger partial charge in [0, 0.05) is 23.5 Å². The molecular weight excluding hydrogens is 280 g/mol. The molecule has 21 heavy (non-hydrogen) atoms. The van der Waals surface area contributed by atoms with Gasteiger partial charge in [-0.1, -0.05) is 24.3 Å². The average molecular weight is 300 g/mol. The maximum Gasteiger partial charge on any atom is 0.273 e. The lowest BCUT2D eigenvalue weighted by Gasteiger charge is -2.32. The molecule has 1 aromatic carbocycles. The number of rotatable bonds is 2. The summed E-state index contributed by atoms with van der Waals surface area (Å²) in [5, 5.41) is 2.83. The Kier molecular flexibility index (Phi) is 4.06. The standard InChI is InChI=1S/C17H20N2OS/c1-12-7-3-4-9-14(12)16-18-15(11-21-16)17(20)19-10-6-5-8-13(19)2/h3-4,7,9,11,13H,5-6,8,10H2,1-2H3. The van der Waals surface area contributed by atoms with Crippen LogP contribution in [-0.4, -0.2) is 28.4 Å². The molecule has 1 amide bonds.